The van der Waals surface area contributed by atoms with Crippen LogP contribution in [-0.2, 0) is 37.5 Å². The van der Waals surface area contributed by atoms with E-state index in [1.807, 2.05) is 0 Å². The normalized spacial score (nSPS) is 4.71. The first-order chi connectivity index (χ1) is 2.27. The predicted octanol–water partition coefficient (Wildman–Crippen LogP) is -0.361. The van der Waals surface area contributed by atoms with Crippen LogP contribution in [0.3, 0.4) is 0 Å². The molecule has 0 aromatic carbocycles. The Kier molecular flexibility index (Phi) is 21.6. The summed E-state index contributed by atoms with van der Waals surface area (Å²) in [6, 6.07) is 0. The van der Waals surface area contributed by atoms with Crippen molar-refractivity contribution >= 4 is 5.97 Å². The molecule has 3 nitrogen and oxygen atoms in total. The van der Waals surface area contributed by atoms with Crippen molar-refractivity contribution in [1.29, 1.82) is 0 Å². The van der Waals surface area contributed by atoms with Crippen LogP contribution in [0.25, 0.3) is 0 Å². The third-order valence-corrected chi connectivity index (χ3v) is 0.143. The Morgan fingerprint density at radius 2 is 1.86 bits per heavy atom. The second kappa shape index (κ2) is 9.64. The van der Waals surface area contributed by atoms with Crippen LogP contribution < -0.4 is 5.73 Å². The Morgan fingerprint density at radius 1 is 1.71 bits per heavy atom. The van der Waals surface area contributed by atoms with Gasteiger partial charge in [0.2, 0.25) is 0 Å². The number of carboxylic acids is 1. The van der Waals surface area contributed by atoms with Crippen LogP contribution in [0.2, 0.25) is 0 Å². The molecular formula is C3H7NO2Y-2. The van der Waals surface area contributed by atoms with E-state index in [0.29, 0.717) is 6.54 Å². The van der Waals surface area contributed by atoms with Crippen LogP contribution in [0.15, 0.2) is 0 Å². The molecule has 41 valence electrons. The van der Waals surface area contributed by atoms with Gasteiger partial charge >= 0.3 is 0 Å². The van der Waals surface area contributed by atoms with Gasteiger partial charge in [0.1, 0.15) is 0 Å². The summed E-state index contributed by atoms with van der Waals surface area (Å²) < 4.78 is 0. The van der Waals surface area contributed by atoms with E-state index < -0.39 is 5.97 Å². The fraction of sp³-hybridized carbons (Fsp3) is 0. The molecule has 0 aliphatic heterocycles. The van der Waals surface area contributed by atoms with Gasteiger partial charge in [0.25, 0.3) is 0 Å². The van der Waals surface area contributed by atoms with Gasteiger partial charge in [0, 0.05) is 32.7 Å². The Bertz CT molecular complexity index is 48.2. The summed E-state index contributed by atoms with van der Waals surface area (Å²) in [4.78, 5) is 9.19. The number of carboxylic acid groups (broad SMARTS) is 1. The van der Waals surface area contributed by atoms with Gasteiger partial charge in [-0.05, 0) is 0 Å². The molecule has 0 rings (SSSR count). The van der Waals surface area contributed by atoms with Crippen LogP contribution >= 0.6 is 0 Å². The third kappa shape index (κ3) is 21.5. The standard InChI is InChI=1S/C2H4NO2.CH3.Y/c3-1-2(4)5;;/h1H,3H2,(H,4,5);1H3;/q2*-1;. The predicted molar refractivity (Wildman–Crippen MR) is 22.5 cm³/mol. The average Bonchev–Trinajstić information content (AvgIpc) is 1.38. The van der Waals surface area contributed by atoms with Crippen molar-refractivity contribution in [1.82, 2.24) is 0 Å². The minimum Gasteiger partial charge on any atom is -0.502 e. The maximum absolute atomic E-state index is 9.19. The first-order valence-electron chi connectivity index (χ1n) is 1.05. The van der Waals surface area contributed by atoms with Crippen molar-refractivity contribution in [2.24, 2.45) is 5.73 Å². The van der Waals surface area contributed by atoms with Gasteiger partial charge in [0.05, 0.1) is 0 Å². The summed E-state index contributed by atoms with van der Waals surface area (Å²) in [5.41, 5.74) is 4.45. The molecule has 0 fully saturated rings. The SMILES string of the molecule is N[CH-]C(=O)O.[CH3-].[Y]. The largest absolute Gasteiger partial charge is 0.502 e. The zero-order valence-electron chi connectivity index (χ0n) is 4.09. The van der Waals surface area contributed by atoms with Gasteiger partial charge < -0.3 is 18.3 Å². The van der Waals surface area contributed by atoms with Crippen LogP contribution in [-0.4, -0.2) is 11.1 Å². The number of hydrogen-bond donors (Lipinski definition) is 2. The molecule has 0 atom stereocenters. The minimum absolute atomic E-state index is 0. The Hall–Kier alpha value is 0.404. The number of carbonyl (C=O) groups is 1. The molecule has 0 bridgehead atoms. The number of hydrogen-bond acceptors (Lipinski definition) is 2. The van der Waals surface area contributed by atoms with Gasteiger partial charge in [-0.15, -0.1) is 0 Å². The first-order valence-corrected chi connectivity index (χ1v) is 1.05. The van der Waals surface area contributed by atoms with Crippen molar-refractivity contribution in [2.45, 2.75) is 0 Å². The summed E-state index contributed by atoms with van der Waals surface area (Å²) in [7, 11) is 0. The Morgan fingerprint density at radius 3 is 1.86 bits per heavy atom. The third-order valence-electron chi connectivity index (χ3n) is 0.143. The van der Waals surface area contributed by atoms with Gasteiger partial charge in [-0.3, -0.25) is 4.79 Å². The molecule has 0 saturated carbocycles. The van der Waals surface area contributed by atoms with Gasteiger partial charge in [0.15, 0.2) is 5.97 Å². The van der Waals surface area contributed by atoms with Crippen LogP contribution in [0.1, 0.15) is 0 Å². The molecule has 3 N–H and O–H groups in total. The van der Waals surface area contributed by atoms with Crippen molar-refractivity contribution in [3.05, 3.63) is 14.0 Å². The molecule has 0 aromatic heterocycles. The quantitative estimate of drug-likeness (QED) is 0.539. The molecule has 0 aliphatic rings. The minimum atomic E-state index is -1.09. The molecule has 0 unspecified atom stereocenters. The van der Waals surface area contributed by atoms with Crippen LogP contribution in [0.5, 0.6) is 0 Å². The average molecular weight is 178 g/mol. The molecule has 0 aliphatic carbocycles. The number of aliphatic carboxylic acids is 1. The summed E-state index contributed by atoms with van der Waals surface area (Å²) in [6.07, 6.45) is 0. The Balaban J connectivity index is -0.0000000800. The first kappa shape index (κ1) is 15.7. The molecular weight excluding hydrogens is 171 g/mol. The smallest absolute Gasteiger partial charge is 0.176 e. The number of nitrogens with two attached hydrogens (primary N) is 1. The van der Waals surface area contributed by atoms with E-state index in [1.54, 1.807) is 0 Å². The van der Waals surface area contributed by atoms with E-state index in [-0.39, 0.29) is 40.1 Å². The molecule has 0 heterocycles. The molecule has 0 saturated heterocycles. The van der Waals surface area contributed by atoms with E-state index in [1.165, 1.54) is 0 Å². The number of rotatable bonds is 1. The summed E-state index contributed by atoms with van der Waals surface area (Å²) in [5.74, 6) is -1.09. The monoisotopic (exact) mass is 178 g/mol. The fourth-order valence-electron chi connectivity index (χ4n) is 0. The summed E-state index contributed by atoms with van der Waals surface area (Å²) >= 11 is 0. The second-order valence-electron chi connectivity index (χ2n) is 0.505. The van der Waals surface area contributed by atoms with E-state index in [4.69, 9.17) is 5.11 Å². The maximum atomic E-state index is 9.19. The van der Waals surface area contributed by atoms with Gasteiger partial charge in [-0.25, -0.2) is 6.54 Å². The van der Waals surface area contributed by atoms with Crippen molar-refractivity contribution in [3.63, 3.8) is 0 Å². The molecule has 4 heteroatoms. The molecule has 0 spiro atoms. The van der Waals surface area contributed by atoms with E-state index in [9.17, 15) is 4.79 Å². The van der Waals surface area contributed by atoms with Crippen LogP contribution in [0.4, 0.5) is 0 Å². The van der Waals surface area contributed by atoms with E-state index in [2.05, 4.69) is 5.73 Å². The maximum Gasteiger partial charge on any atom is 0.176 e. The van der Waals surface area contributed by atoms with Crippen molar-refractivity contribution < 1.29 is 42.6 Å². The molecule has 7 heavy (non-hydrogen) atoms. The fourth-order valence-corrected chi connectivity index (χ4v) is 0. The van der Waals surface area contributed by atoms with Crippen molar-refractivity contribution in [2.75, 3.05) is 0 Å². The van der Waals surface area contributed by atoms with E-state index in [0.717, 1.165) is 0 Å². The Labute approximate surface area is 68.2 Å². The zero-order chi connectivity index (χ0) is 4.28. The molecule has 0 amide bonds. The van der Waals surface area contributed by atoms with Crippen molar-refractivity contribution in [3.8, 4) is 0 Å². The summed E-state index contributed by atoms with van der Waals surface area (Å²) in [6.45, 7) is 0.583. The van der Waals surface area contributed by atoms with E-state index >= 15 is 0 Å². The second-order valence-corrected chi connectivity index (χ2v) is 0.505. The zero-order valence-corrected chi connectivity index (χ0v) is 6.93. The van der Waals surface area contributed by atoms with Gasteiger partial charge in [-0.1, -0.05) is 0 Å². The summed E-state index contributed by atoms with van der Waals surface area (Å²) in [5, 5.41) is 7.54. The van der Waals surface area contributed by atoms with Crippen LogP contribution in [0, 0.1) is 14.0 Å². The molecule has 0 aromatic rings. The molecule has 1 radical (unpaired) electrons. The topological polar surface area (TPSA) is 63.3 Å². The van der Waals surface area contributed by atoms with Gasteiger partial charge in [-0.2, -0.15) is 0 Å².